The van der Waals surface area contributed by atoms with Crippen LogP contribution in [-0.2, 0) is 16.2 Å². The van der Waals surface area contributed by atoms with Gasteiger partial charge in [0.1, 0.15) is 5.82 Å². The van der Waals surface area contributed by atoms with Crippen LogP contribution in [0.1, 0.15) is 34.3 Å². The maximum atomic E-state index is 14.0. The molecule has 1 amide bonds. The number of hydrogen-bond donors (Lipinski definition) is 1. The lowest BCUT2D eigenvalue weighted by Gasteiger charge is -2.32. The van der Waals surface area contributed by atoms with E-state index in [0.29, 0.717) is 41.6 Å². The van der Waals surface area contributed by atoms with Crippen molar-refractivity contribution in [2.75, 3.05) is 13.1 Å². The molecule has 5 nitrogen and oxygen atoms in total. The van der Waals surface area contributed by atoms with Gasteiger partial charge in [0.2, 0.25) is 10.0 Å². The highest BCUT2D eigenvalue weighted by molar-refractivity contribution is 7.89. The Morgan fingerprint density at radius 3 is 2.61 bits per heavy atom. The van der Waals surface area contributed by atoms with Gasteiger partial charge in [-0.2, -0.15) is 17.5 Å². The molecule has 1 saturated heterocycles. The molecule has 1 atom stereocenters. The number of benzene rings is 2. The molecule has 168 valence electrons. The van der Waals surface area contributed by atoms with Crippen LogP contribution in [0.5, 0.6) is 0 Å². The van der Waals surface area contributed by atoms with Crippen LogP contribution in [-0.4, -0.2) is 37.8 Å². The lowest BCUT2D eigenvalue weighted by Crippen LogP contribution is -2.49. The first-order valence-electron chi connectivity index (χ1n) is 9.34. The van der Waals surface area contributed by atoms with E-state index in [1.807, 2.05) is 0 Å². The van der Waals surface area contributed by atoms with Crippen molar-refractivity contribution in [1.29, 1.82) is 0 Å². The highest BCUT2D eigenvalue weighted by atomic mass is 35.5. The molecule has 31 heavy (non-hydrogen) atoms. The Kier molecular flexibility index (Phi) is 6.64. The van der Waals surface area contributed by atoms with Crippen molar-refractivity contribution in [3.63, 3.8) is 0 Å². The fourth-order valence-electron chi connectivity index (χ4n) is 3.42. The van der Waals surface area contributed by atoms with Crippen LogP contribution in [0.15, 0.2) is 41.3 Å². The molecule has 0 bridgehead atoms. The summed E-state index contributed by atoms with van der Waals surface area (Å²) in [7, 11) is -3.91. The third-order valence-electron chi connectivity index (χ3n) is 5.09. The standard InChI is InChI=1S/C20H19ClF4N2O3S/c1-12-16(21)5-2-6-18(12)31(29,30)27-9-3-4-14(11-27)26-19(28)15-10-13(20(23,24)25)7-8-17(15)22/h2,5-8,10,14H,3-4,9,11H2,1H3,(H,26,28)/t14-/m0/s1. The number of carbonyl (C=O) groups is 1. The van der Waals surface area contributed by atoms with Crippen LogP contribution < -0.4 is 5.32 Å². The number of nitrogens with one attached hydrogen (secondary N) is 1. The number of piperidine rings is 1. The van der Waals surface area contributed by atoms with E-state index in [-0.39, 0.29) is 18.0 Å². The summed E-state index contributed by atoms with van der Waals surface area (Å²) in [5.74, 6) is -2.13. The summed E-state index contributed by atoms with van der Waals surface area (Å²) in [6, 6.07) is 5.39. The quantitative estimate of drug-likeness (QED) is 0.663. The highest BCUT2D eigenvalue weighted by Crippen LogP contribution is 2.31. The van der Waals surface area contributed by atoms with Crippen LogP contribution in [0.2, 0.25) is 5.02 Å². The Labute approximate surface area is 182 Å². The Morgan fingerprint density at radius 1 is 1.23 bits per heavy atom. The molecular weight excluding hydrogens is 460 g/mol. The summed E-state index contributed by atoms with van der Waals surface area (Å²) in [6.07, 6.45) is -3.92. The molecule has 1 N–H and O–H groups in total. The van der Waals surface area contributed by atoms with Gasteiger partial charge in [0.15, 0.2) is 0 Å². The number of sulfonamides is 1. The van der Waals surface area contributed by atoms with E-state index in [2.05, 4.69) is 5.32 Å². The number of carbonyl (C=O) groups excluding carboxylic acids is 1. The highest BCUT2D eigenvalue weighted by Gasteiger charge is 2.34. The molecule has 1 heterocycles. The van der Waals surface area contributed by atoms with Gasteiger partial charge in [0, 0.05) is 24.2 Å². The van der Waals surface area contributed by atoms with Gasteiger partial charge in [-0.25, -0.2) is 12.8 Å². The van der Waals surface area contributed by atoms with E-state index < -0.39 is 45.1 Å². The van der Waals surface area contributed by atoms with Gasteiger partial charge in [-0.05, 0) is 55.7 Å². The molecule has 0 unspecified atom stereocenters. The zero-order valence-electron chi connectivity index (χ0n) is 16.3. The molecule has 0 radical (unpaired) electrons. The lowest BCUT2D eigenvalue weighted by atomic mass is 10.1. The SMILES string of the molecule is Cc1c(Cl)cccc1S(=O)(=O)N1CCC[C@H](NC(=O)c2cc(C(F)(F)F)ccc2F)C1. The first-order valence-corrected chi connectivity index (χ1v) is 11.2. The number of alkyl halides is 3. The summed E-state index contributed by atoms with van der Waals surface area (Å²) in [4.78, 5) is 12.5. The summed E-state index contributed by atoms with van der Waals surface area (Å²) in [5, 5.41) is 2.75. The van der Waals surface area contributed by atoms with Crippen molar-refractivity contribution in [3.05, 3.63) is 63.9 Å². The molecule has 0 spiro atoms. The zero-order valence-corrected chi connectivity index (χ0v) is 17.9. The Balaban J connectivity index is 1.79. The van der Waals surface area contributed by atoms with Gasteiger partial charge >= 0.3 is 6.18 Å². The monoisotopic (exact) mass is 478 g/mol. The van der Waals surface area contributed by atoms with Crippen LogP contribution >= 0.6 is 11.6 Å². The van der Waals surface area contributed by atoms with E-state index in [4.69, 9.17) is 11.6 Å². The molecule has 2 aromatic carbocycles. The first-order chi connectivity index (χ1) is 14.4. The second kappa shape index (κ2) is 8.76. The van der Waals surface area contributed by atoms with E-state index in [1.54, 1.807) is 13.0 Å². The maximum absolute atomic E-state index is 14.0. The fraction of sp³-hybridized carbons (Fsp3) is 0.350. The molecule has 0 aromatic heterocycles. The van der Waals surface area contributed by atoms with Crippen molar-refractivity contribution < 1.29 is 30.8 Å². The van der Waals surface area contributed by atoms with Gasteiger partial charge in [-0.15, -0.1) is 0 Å². The minimum Gasteiger partial charge on any atom is -0.348 e. The number of nitrogens with zero attached hydrogens (tertiary/aromatic N) is 1. The largest absolute Gasteiger partial charge is 0.416 e. The molecule has 0 saturated carbocycles. The molecule has 1 aliphatic rings. The Hall–Kier alpha value is -2.17. The van der Waals surface area contributed by atoms with Crippen molar-refractivity contribution in [2.45, 2.75) is 36.9 Å². The second-order valence-electron chi connectivity index (χ2n) is 7.23. The molecule has 3 rings (SSSR count). The van der Waals surface area contributed by atoms with Crippen LogP contribution in [0.25, 0.3) is 0 Å². The molecule has 1 fully saturated rings. The van der Waals surface area contributed by atoms with Crippen molar-refractivity contribution in [1.82, 2.24) is 9.62 Å². The minimum absolute atomic E-state index is 0.0379. The topological polar surface area (TPSA) is 66.5 Å². The third kappa shape index (κ3) is 5.02. The van der Waals surface area contributed by atoms with Gasteiger partial charge in [-0.1, -0.05) is 17.7 Å². The lowest BCUT2D eigenvalue weighted by molar-refractivity contribution is -0.137. The minimum atomic E-state index is -4.73. The first kappa shape index (κ1) is 23.5. The second-order valence-corrected chi connectivity index (χ2v) is 9.54. The summed E-state index contributed by atoms with van der Waals surface area (Å²) in [5.41, 5.74) is -1.51. The van der Waals surface area contributed by atoms with Gasteiger partial charge in [0.25, 0.3) is 5.91 Å². The Bertz CT molecular complexity index is 1110. The molecular formula is C20H19ClF4N2O3S. The molecule has 11 heteroatoms. The van der Waals surface area contributed by atoms with E-state index in [9.17, 15) is 30.8 Å². The number of halogens is 5. The molecule has 2 aromatic rings. The van der Waals surface area contributed by atoms with Crippen molar-refractivity contribution >= 4 is 27.5 Å². The smallest absolute Gasteiger partial charge is 0.348 e. The van der Waals surface area contributed by atoms with Crippen LogP contribution in [0.4, 0.5) is 17.6 Å². The van der Waals surface area contributed by atoms with Crippen molar-refractivity contribution in [3.8, 4) is 0 Å². The predicted molar refractivity (Wildman–Crippen MR) is 107 cm³/mol. The van der Waals surface area contributed by atoms with E-state index in [1.165, 1.54) is 16.4 Å². The van der Waals surface area contributed by atoms with E-state index in [0.717, 1.165) is 0 Å². The summed E-state index contributed by atoms with van der Waals surface area (Å²) >= 11 is 6.03. The van der Waals surface area contributed by atoms with Gasteiger partial charge in [0.05, 0.1) is 16.0 Å². The average Bonchev–Trinajstić information content (AvgIpc) is 2.69. The molecule has 0 aliphatic carbocycles. The van der Waals surface area contributed by atoms with E-state index >= 15 is 0 Å². The summed E-state index contributed by atoms with van der Waals surface area (Å²) in [6.45, 7) is 1.69. The Morgan fingerprint density at radius 2 is 1.94 bits per heavy atom. The number of hydrogen-bond acceptors (Lipinski definition) is 3. The molecule has 1 aliphatic heterocycles. The third-order valence-corrected chi connectivity index (χ3v) is 7.51. The van der Waals surface area contributed by atoms with Crippen molar-refractivity contribution in [2.24, 2.45) is 0 Å². The maximum Gasteiger partial charge on any atom is 0.416 e. The number of amides is 1. The fourth-order valence-corrected chi connectivity index (χ4v) is 5.43. The van der Waals surface area contributed by atoms with Gasteiger partial charge in [-0.3, -0.25) is 4.79 Å². The predicted octanol–water partition coefficient (Wildman–Crippen LogP) is 4.39. The van der Waals surface area contributed by atoms with Crippen LogP contribution in [0.3, 0.4) is 0 Å². The number of rotatable bonds is 4. The van der Waals surface area contributed by atoms with Crippen LogP contribution in [0, 0.1) is 12.7 Å². The average molecular weight is 479 g/mol. The van der Waals surface area contributed by atoms with Gasteiger partial charge < -0.3 is 5.32 Å². The summed E-state index contributed by atoms with van der Waals surface area (Å²) < 4.78 is 79.9. The zero-order chi connectivity index (χ0) is 23.0. The normalized spacial score (nSPS) is 18.1.